The lowest BCUT2D eigenvalue weighted by Gasteiger charge is -2.07. The molecule has 0 bridgehead atoms. The van der Waals surface area contributed by atoms with Crippen LogP contribution in [0, 0.1) is 11.3 Å². The van der Waals surface area contributed by atoms with Gasteiger partial charge >= 0.3 is 0 Å². The first-order chi connectivity index (χ1) is 9.29. The van der Waals surface area contributed by atoms with E-state index in [9.17, 15) is 0 Å². The second-order valence-corrected chi connectivity index (χ2v) is 5.17. The van der Waals surface area contributed by atoms with E-state index in [-0.39, 0.29) is 0 Å². The Balaban J connectivity index is 1.81. The number of para-hydroxylation sites is 1. The van der Waals surface area contributed by atoms with Gasteiger partial charge in [-0.2, -0.15) is 5.26 Å². The number of halogens is 1. The van der Waals surface area contributed by atoms with Gasteiger partial charge in [-0.05, 0) is 24.3 Å². The number of ether oxygens (including phenoxy) is 1. The Morgan fingerprint density at radius 1 is 1.26 bits per heavy atom. The van der Waals surface area contributed by atoms with Crippen LogP contribution in [0.25, 0.3) is 0 Å². The second-order valence-electron chi connectivity index (χ2n) is 3.62. The molecule has 0 saturated heterocycles. The number of pyridine rings is 1. The minimum atomic E-state index is 0.521. The minimum absolute atomic E-state index is 0.521. The molecule has 0 atom stereocenters. The Kier molecular flexibility index (Phi) is 5.08. The van der Waals surface area contributed by atoms with Crippen LogP contribution < -0.4 is 4.74 Å². The van der Waals surface area contributed by atoms with E-state index in [1.54, 1.807) is 30.1 Å². The van der Waals surface area contributed by atoms with Crippen LogP contribution in [0.4, 0.5) is 0 Å². The number of benzene rings is 1. The number of hydrogen-bond donors (Lipinski definition) is 0. The third-order valence-corrected chi connectivity index (χ3v) is 3.43. The van der Waals surface area contributed by atoms with Gasteiger partial charge in [-0.15, -0.1) is 11.8 Å². The Labute approximate surface area is 121 Å². The lowest BCUT2D eigenvalue weighted by molar-refractivity contribution is 0.343. The van der Waals surface area contributed by atoms with Crippen molar-refractivity contribution >= 4 is 23.4 Å². The molecule has 0 unspecified atom stereocenters. The van der Waals surface area contributed by atoms with Gasteiger partial charge in [0.2, 0.25) is 0 Å². The Hall–Kier alpha value is -1.70. The van der Waals surface area contributed by atoms with E-state index >= 15 is 0 Å². The number of thioether (sulfide) groups is 1. The van der Waals surface area contributed by atoms with Crippen molar-refractivity contribution in [2.45, 2.75) is 5.03 Å². The highest BCUT2D eigenvalue weighted by molar-refractivity contribution is 7.99. The molecule has 1 heterocycles. The predicted octanol–water partition coefficient (Wildman–Crippen LogP) is 3.78. The molecule has 19 heavy (non-hydrogen) atoms. The van der Waals surface area contributed by atoms with E-state index in [0.717, 1.165) is 10.8 Å². The maximum atomic E-state index is 8.92. The summed E-state index contributed by atoms with van der Waals surface area (Å²) < 4.78 is 5.58. The van der Waals surface area contributed by atoms with Crippen molar-refractivity contribution in [2.75, 3.05) is 12.4 Å². The maximum absolute atomic E-state index is 8.92. The summed E-state index contributed by atoms with van der Waals surface area (Å²) in [7, 11) is 0. The third kappa shape index (κ3) is 4.16. The average molecular weight is 291 g/mol. The van der Waals surface area contributed by atoms with Crippen molar-refractivity contribution in [1.82, 2.24) is 4.98 Å². The predicted molar refractivity (Wildman–Crippen MR) is 76.6 cm³/mol. The summed E-state index contributed by atoms with van der Waals surface area (Å²) >= 11 is 7.34. The smallest absolute Gasteiger partial charge is 0.137 e. The molecule has 2 aromatic rings. The zero-order valence-corrected chi connectivity index (χ0v) is 11.6. The molecule has 0 aliphatic heterocycles. The first kappa shape index (κ1) is 13.7. The summed E-state index contributed by atoms with van der Waals surface area (Å²) in [6.45, 7) is 0.521. The molecular weight excluding hydrogens is 280 g/mol. The summed E-state index contributed by atoms with van der Waals surface area (Å²) in [5, 5.41) is 10.5. The molecule has 0 aliphatic rings. The average Bonchev–Trinajstić information content (AvgIpc) is 2.46. The molecule has 1 aromatic heterocycles. The van der Waals surface area contributed by atoms with Crippen molar-refractivity contribution in [3.63, 3.8) is 0 Å². The van der Waals surface area contributed by atoms with E-state index in [0.29, 0.717) is 22.9 Å². The van der Waals surface area contributed by atoms with Gasteiger partial charge in [0.1, 0.15) is 11.8 Å². The molecule has 0 saturated carbocycles. The zero-order valence-electron chi connectivity index (χ0n) is 10.0. The normalized spacial score (nSPS) is 9.89. The van der Waals surface area contributed by atoms with Gasteiger partial charge in [-0.1, -0.05) is 23.7 Å². The van der Waals surface area contributed by atoms with Crippen molar-refractivity contribution in [2.24, 2.45) is 0 Å². The van der Waals surface area contributed by atoms with Crippen LogP contribution in [0.5, 0.6) is 5.75 Å². The number of hydrogen-bond acceptors (Lipinski definition) is 4. The topological polar surface area (TPSA) is 45.9 Å². The fraction of sp³-hybridized carbons (Fsp3) is 0.143. The Bertz CT molecular complexity index is 581. The van der Waals surface area contributed by atoms with Crippen LogP contribution in [0.1, 0.15) is 5.56 Å². The highest BCUT2D eigenvalue weighted by atomic mass is 35.5. The Morgan fingerprint density at radius 2 is 2.11 bits per heavy atom. The van der Waals surface area contributed by atoms with Gasteiger partial charge in [-0.25, -0.2) is 4.98 Å². The van der Waals surface area contributed by atoms with Gasteiger partial charge in [-0.3, -0.25) is 0 Å². The van der Waals surface area contributed by atoms with Crippen LogP contribution in [0.3, 0.4) is 0 Å². The van der Waals surface area contributed by atoms with Gasteiger partial charge in [0.15, 0.2) is 0 Å². The van der Waals surface area contributed by atoms with Crippen molar-refractivity contribution in [3.8, 4) is 11.8 Å². The fourth-order valence-corrected chi connectivity index (χ4v) is 2.21. The molecule has 0 radical (unpaired) electrons. The van der Waals surface area contributed by atoms with Crippen LogP contribution in [-0.4, -0.2) is 17.3 Å². The minimum Gasteiger partial charge on any atom is -0.491 e. The highest BCUT2D eigenvalue weighted by Crippen LogP contribution is 2.19. The van der Waals surface area contributed by atoms with Gasteiger partial charge in [0.25, 0.3) is 0 Å². The lowest BCUT2D eigenvalue weighted by Crippen LogP contribution is -2.01. The molecule has 96 valence electrons. The summed E-state index contributed by atoms with van der Waals surface area (Å²) in [5.74, 6) is 1.38. The van der Waals surface area contributed by atoms with E-state index < -0.39 is 0 Å². The molecule has 0 fully saturated rings. The van der Waals surface area contributed by atoms with Gasteiger partial charge < -0.3 is 4.74 Å². The molecule has 3 nitrogen and oxygen atoms in total. The molecule has 0 amide bonds. The van der Waals surface area contributed by atoms with Crippen LogP contribution >= 0.6 is 23.4 Å². The van der Waals surface area contributed by atoms with Crippen molar-refractivity contribution < 1.29 is 4.74 Å². The van der Waals surface area contributed by atoms with E-state index in [1.165, 1.54) is 0 Å². The Morgan fingerprint density at radius 3 is 2.84 bits per heavy atom. The number of nitrogens with zero attached hydrogens (tertiary/aromatic N) is 2. The molecule has 2 rings (SSSR count). The second kappa shape index (κ2) is 7.03. The van der Waals surface area contributed by atoms with Crippen LogP contribution in [0.15, 0.2) is 47.6 Å². The molecular formula is C14H11ClN2OS. The largest absolute Gasteiger partial charge is 0.491 e. The summed E-state index contributed by atoms with van der Waals surface area (Å²) in [4.78, 5) is 4.18. The summed E-state index contributed by atoms with van der Waals surface area (Å²) in [6, 6.07) is 13.0. The van der Waals surface area contributed by atoms with Crippen LogP contribution in [-0.2, 0) is 0 Å². The van der Waals surface area contributed by atoms with Crippen molar-refractivity contribution in [3.05, 3.63) is 53.2 Å². The van der Waals surface area contributed by atoms with Gasteiger partial charge in [0, 0.05) is 11.9 Å². The standard InChI is InChI=1S/C14H11ClN2OS/c15-12-5-6-14(17-10-12)19-8-7-18-13-4-2-1-3-11(13)9-16/h1-6,10H,7-8H2. The summed E-state index contributed by atoms with van der Waals surface area (Å²) in [5.41, 5.74) is 0.553. The van der Waals surface area contributed by atoms with E-state index in [2.05, 4.69) is 11.1 Å². The first-order valence-corrected chi connectivity index (χ1v) is 7.02. The number of rotatable bonds is 5. The van der Waals surface area contributed by atoms with Gasteiger partial charge in [0.05, 0.1) is 22.2 Å². The highest BCUT2D eigenvalue weighted by Gasteiger charge is 2.02. The van der Waals surface area contributed by atoms with Crippen molar-refractivity contribution in [1.29, 1.82) is 5.26 Å². The third-order valence-electron chi connectivity index (χ3n) is 2.30. The van der Waals surface area contributed by atoms with Crippen LogP contribution in [0.2, 0.25) is 5.02 Å². The van der Waals surface area contributed by atoms with E-state index in [1.807, 2.05) is 24.3 Å². The number of aromatic nitrogens is 1. The molecule has 0 aliphatic carbocycles. The summed E-state index contributed by atoms with van der Waals surface area (Å²) in [6.07, 6.45) is 1.62. The molecule has 0 spiro atoms. The van der Waals surface area contributed by atoms with E-state index in [4.69, 9.17) is 21.6 Å². The molecule has 5 heteroatoms. The number of nitriles is 1. The fourth-order valence-electron chi connectivity index (χ4n) is 1.43. The SMILES string of the molecule is N#Cc1ccccc1OCCSc1ccc(Cl)cn1. The lowest BCUT2D eigenvalue weighted by atomic mass is 10.2. The zero-order chi connectivity index (χ0) is 13.5. The maximum Gasteiger partial charge on any atom is 0.137 e. The molecule has 1 aromatic carbocycles. The monoisotopic (exact) mass is 290 g/mol. The molecule has 0 N–H and O–H groups in total. The quantitative estimate of drug-likeness (QED) is 0.621. The first-order valence-electron chi connectivity index (χ1n) is 5.66.